The molecule has 19 heavy (non-hydrogen) atoms. The number of hydrogen-bond donors (Lipinski definition) is 1. The number of rotatable bonds is 4. The Morgan fingerprint density at radius 1 is 1.42 bits per heavy atom. The maximum Gasteiger partial charge on any atom is 0.292 e. The topological polar surface area (TPSA) is 75.5 Å². The van der Waals surface area contributed by atoms with Crippen molar-refractivity contribution in [2.75, 3.05) is 11.9 Å². The van der Waals surface area contributed by atoms with E-state index in [9.17, 15) is 14.9 Å². The third kappa shape index (κ3) is 2.83. The average Bonchev–Trinajstić information content (AvgIpc) is 2.71. The number of amides is 1. The van der Waals surface area contributed by atoms with E-state index in [2.05, 4.69) is 5.32 Å². The summed E-state index contributed by atoms with van der Waals surface area (Å²) < 4.78 is 0. The fourth-order valence-electron chi connectivity index (χ4n) is 2.30. The molecule has 1 aromatic carbocycles. The first kappa shape index (κ1) is 13.3. The third-order valence-electron chi connectivity index (χ3n) is 3.24. The van der Waals surface area contributed by atoms with E-state index in [0.717, 1.165) is 0 Å². The van der Waals surface area contributed by atoms with Crippen LogP contribution in [0, 0.1) is 10.1 Å². The van der Waals surface area contributed by atoms with E-state index < -0.39 is 4.92 Å². The van der Waals surface area contributed by atoms with Gasteiger partial charge in [-0.25, -0.2) is 0 Å². The summed E-state index contributed by atoms with van der Waals surface area (Å²) in [5, 5.41) is 14.0. The predicted octanol–water partition coefficient (Wildman–Crippen LogP) is 2.02. The number of anilines is 1. The summed E-state index contributed by atoms with van der Waals surface area (Å²) in [4.78, 5) is 24.1. The quantitative estimate of drug-likeness (QED) is 0.666. The summed E-state index contributed by atoms with van der Waals surface area (Å²) in [7, 11) is 0. The van der Waals surface area contributed by atoms with Crippen LogP contribution in [0.15, 0.2) is 24.3 Å². The van der Waals surface area contributed by atoms with Gasteiger partial charge in [-0.2, -0.15) is 0 Å². The number of nitrogens with zero attached hydrogens (tertiary/aromatic N) is 2. The highest BCUT2D eigenvalue weighted by atomic mass is 16.6. The summed E-state index contributed by atoms with van der Waals surface area (Å²) >= 11 is 0. The van der Waals surface area contributed by atoms with Gasteiger partial charge in [-0.3, -0.25) is 14.9 Å². The van der Waals surface area contributed by atoms with Gasteiger partial charge in [0.15, 0.2) is 0 Å². The van der Waals surface area contributed by atoms with Crippen LogP contribution in [0.5, 0.6) is 0 Å². The molecule has 0 bridgehead atoms. The number of carbonyl (C=O) groups excluding carboxylic acids is 1. The van der Waals surface area contributed by atoms with Crippen LogP contribution in [0.3, 0.4) is 0 Å². The minimum absolute atomic E-state index is 0.0398. The first-order valence-corrected chi connectivity index (χ1v) is 6.28. The van der Waals surface area contributed by atoms with Gasteiger partial charge in [-0.05, 0) is 19.9 Å². The van der Waals surface area contributed by atoms with E-state index in [4.69, 9.17) is 0 Å². The van der Waals surface area contributed by atoms with Crippen LogP contribution in [-0.4, -0.2) is 34.4 Å². The standard InChI is InChI=1S/C13H17N3O3/c1-9(2)15-8-10(7-13(15)17)14-11-5-3-4-6-12(11)16(18)19/h3-6,9-10,14H,7-8H2,1-2H3/t10-/m1/s1. The molecule has 0 saturated carbocycles. The summed E-state index contributed by atoms with van der Waals surface area (Å²) in [6, 6.07) is 6.58. The first-order chi connectivity index (χ1) is 8.99. The zero-order chi connectivity index (χ0) is 14.0. The van der Waals surface area contributed by atoms with Gasteiger partial charge in [-0.1, -0.05) is 12.1 Å². The van der Waals surface area contributed by atoms with Crippen molar-refractivity contribution in [3.8, 4) is 0 Å². The van der Waals surface area contributed by atoms with Crippen LogP contribution < -0.4 is 5.32 Å². The molecule has 0 radical (unpaired) electrons. The molecule has 0 unspecified atom stereocenters. The molecular weight excluding hydrogens is 246 g/mol. The summed E-state index contributed by atoms with van der Waals surface area (Å²) in [5.74, 6) is 0.0890. The molecule has 1 aliphatic rings. The van der Waals surface area contributed by atoms with E-state index in [-0.39, 0.29) is 23.7 Å². The Balaban J connectivity index is 2.11. The number of para-hydroxylation sites is 2. The van der Waals surface area contributed by atoms with Crippen molar-refractivity contribution in [2.24, 2.45) is 0 Å². The number of likely N-dealkylation sites (tertiary alicyclic amines) is 1. The SMILES string of the molecule is CC(C)N1C[C@H](Nc2ccccc2[N+](=O)[O-])CC1=O. The Morgan fingerprint density at radius 2 is 2.11 bits per heavy atom. The summed E-state index contributed by atoms with van der Waals surface area (Å²) in [5.41, 5.74) is 0.508. The molecule has 1 N–H and O–H groups in total. The Morgan fingerprint density at radius 3 is 2.68 bits per heavy atom. The maximum atomic E-state index is 11.8. The smallest absolute Gasteiger partial charge is 0.292 e. The van der Waals surface area contributed by atoms with Gasteiger partial charge in [0.05, 0.1) is 11.0 Å². The number of carbonyl (C=O) groups is 1. The van der Waals surface area contributed by atoms with Crippen molar-refractivity contribution in [3.63, 3.8) is 0 Å². The maximum absolute atomic E-state index is 11.8. The van der Waals surface area contributed by atoms with Crippen molar-refractivity contribution in [3.05, 3.63) is 34.4 Å². The highest BCUT2D eigenvalue weighted by Gasteiger charge is 2.31. The Bertz CT molecular complexity index is 502. The van der Waals surface area contributed by atoms with E-state index in [1.807, 2.05) is 13.8 Å². The molecule has 0 aromatic heterocycles. The number of hydrogen-bond acceptors (Lipinski definition) is 4. The van der Waals surface area contributed by atoms with E-state index in [0.29, 0.717) is 18.7 Å². The van der Waals surface area contributed by atoms with Crippen LogP contribution in [0.25, 0.3) is 0 Å². The predicted molar refractivity (Wildman–Crippen MR) is 72.0 cm³/mol. The van der Waals surface area contributed by atoms with Gasteiger partial charge < -0.3 is 10.2 Å². The first-order valence-electron chi connectivity index (χ1n) is 6.28. The lowest BCUT2D eigenvalue weighted by Gasteiger charge is -2.21. The van der Waals surface area contributed by atoms with Crippen molar-refractivity contribution in [1.29, 1.82) is 0 Å². The van der Waals surface area contributed by atoms with Gasteiger partial charge in [0.2, 0.25) is 5.91 Å². The van der Waals surface area contributed by atoms with Crippen LogP contribution >= 0.6 is 0 Å². The average molecular weight is 263 g/mol. The largest absolute Gasteiger partial charge is 0.374 e. The Labute approximate surface area is 111 Å². The molecule has 1 heterocycles. The molecule has 102 valence electrons. The highest BCUT2D eigenvalue weighted by molar-refractivity contribution is 5.80. The second-order valence-corrected chi connectivity index (χ2v) is 4.96. The minimum atomic E-state index is -0.417. The van der Waals surface area contributed by atoms with Crippen molar-refractivity contribution in [1.82, 2.24) is 4.90 Å². The molecule has 1 saturated heterocycles. The molecular formula is C13H17N3O3. The Kier molecular flexibility index (Phi) is 3.69. The number of benzene rings is 1. The van der Waals surface area contributed by atoms with Crippen LogP contribution in [0.1, 0.15) is 20.3 Å². The molecule has 0 aliphatic carbocycles. The fourth-order valence-corrected chi connectivity index (χ4v) is 2.30. The lowest BCUT2D eigenvalue weighted by Crippen LogP contribution is -2.33. The van der Waals surface area contributed by atoms with E-state index in [1.165, 1.54) is 6.07 Å². The summed E-state index contributed by atoms with van der Waals surface area (Å²) in [6.45, 7) is 4.51. The van der Waals surface area contributed by atoms with Crippen molar-refractivity contribution < 1.29 is 9.72 Å². The second-order valence-electron chi connectivity index (χ2n) is 4.96. The zero-order valence-corrected chi connectivity index (χ0v) is 11.0. The molecule has 1 amide bonds. The summed E-state index contributed by atoms with van der Waals surface area (Å²) in [6.07, 6.45) is 0.379. The van der Waals surface area contributed by atoms with E-state index >= 15 is 0 Å². The second kappa shape index (κ2) is 5.26. The van der Waals surface area contributed by atoms with E-state index in [1.54, 1.807) is 23.1 Å². The lowest BCUT2D eigenvalue weighted by atomic mass is 10.2. The lowest BCUT2D eigenvalue weighted by molar-refractivity contribution is -0.384. The highest BCUT2D eigenvalue weighted by Crippen LogP contribution is 2.26. The van der Waals surface area contributed by atoms with Gasteiger partial charge >= 0.3 is 0 Å². The fraction of sp³-hybridized carbons (Fsp3) is 0.462. The normalized spacial score (nSPS) is 19.0. The minimum Gasteiger partial charge on any atom is -0.374 e. The molecule has 2 rings (SSSR count). The Hall–Kier alpha value is -2.11. The van der Waals surface area contributed by atoms with Gasteiger partial charge in [0, 0.05) is 25.1 Å². The molecule has 1 atom stereocenters. The van der Waals surface area contributed by atoms with Crippen molar-refractivity contribution >= 4 is 17.3 Å². The number of nitro benzene ring substituents is 1. The van der Waals surface area contributed by atoms with Crippen LogP contribution in [0.4, 0.5) is 11.4 Å². The number of nitrogens with one attached hydrogen (secondary N) is 1. The molecule has 1 aliphatic heterocycles. The van der Waals surface area contributed by atoms with Gasteiger partial charge in [0.25, 0.3) is 5.69 Å². The molecule has 0 spiro atoms. The monoisotopic (exact) mass is 263 g/mol. The molecule has 6 nitrogen and oxygen atoms in total. The van der Waals surface area contributed by atoms with Crippen LogP contribution in [0.2, 0.25) is 0 Å². The van der Waals surface area contributed by atoms with Crippen LogP contribution in [-0.2, 0) is 4.79 Å². The zero-order valence-electron chi connectivity index (χ0n) is 11.0. The molecule has 1 aromatic rings. The number of nitro groups is 1. The van der Waals surface area contributed by atoms with Crippen molar-refractivity contribution in [2.45, 2.75) is 32.4 Å². The molecule has 1 fully saturated rings. The van der Waals surface area contributed by atoms with Gasteiger partial charge in [0.1, 0.15) is 5.69 Å². The van der Waals surface area contributed by atoms with Gasteiger partial charge in [-0.15, -0.1) is 0 Å². The molecule has 6 heteroatoms. The third-order valence-corrected chi connectivity index (χ3v) is 3.24.